The molecule has 1 aromatic heterocycles. The normalized spacial score (nSPS) is 16.4. The summed E-state index contributed by atoms with van der Waals surface area (Å²) in [5.41, 5.74) is 6.87. The maximum Gasteiger partial charge on any atom is 0.177 e. The number of ketones is 1. The van der Waals surface area contributed by atoms with Gasteiger partial charge in [-0.15, -0.1) is 11.3 Å². The van der Waals surface area contributed by atoms with E-state index in [1.165, 1.54) is 11.3 Å². The molecule has 0 saturated carbocycles. The largest absolute Gasteiger partial charge is 0.396 e. The fourth-order valence-electron chi connectivity index (χ4n) is 2.42. The molecule has 20 heavy (non-hydrogen) atoms. The van der Waals surface area contributed by atoms with Gasteiger partial charge in [-0.3, -0.25) is 4.79 Å². The number of Topliss-reactive ketones (excluding diaryl/α,β-unsaturated/α-hetero) is 1. The summed E-state index contributed by atoms with van der Waals surface area (Å²) in [6.07, 6.45) is 2.24. The topological polar surface area (TPSA) is 70.1 Å². The van der Waals surface area contributed by atoms with E-state index >= 15 is 0 Å². The molecule has 1 fully saturated rings. The molecule has 2 heterocycles. The van der Waals surface area contributed by atoms with Gasteiger partial charge >= 0.3 is 0 Å². The number of carbonyl (C=O) groups excluding carboxylic acids is 1. The predicted octanol–water partition coefficient (Wildman–Crippen LogP) is 3.28. The van der Waals surface area contributed by atoms with Crippen LogP contribution in [0.5, 0.6) is 0 Å². The number of nitrogens with two attached hydrogens (primary N) is 1. The Bertz CT molecular complexity index is 548. The van der Waals surface area contributed by atoms with E-state index in [-0.39, 0.29) is 11.7 Å². The molecule has 0 amide bonds. The summed E-state index contributed by atoms with van der Waals surface area (Å²) in [5.74, 6) is 0.656. The van der Waals surface area contributed by atoms with Crippen molar-refractivity contribution in [1.82, 2.24) is 0 Å². The summed E-state index contributed by atoms with van der Waals surface area (Å²) < 4.78 is 0. The van der Waals surface area contributed by atoms with Gasteiger partial charge in [-0.2, -0.15) is 5.26 Å². The monoisotopic (exact) mass is 291 g/mol. The van der Waals surface area contributed by atoms with Crippen molar-refractivity contribution in [1.29, 1.82) is 5.26 Å². The third kappa shape index (κ3) is 2.66. The van der Waals surface area contributed by atoms with Gasteiger partial charge in [0.15, 0.2) is 5.78 Å². The predicted molar refractivity (Wildman–Crippen MR) is 83.2 cm³/mol. The van der Waals surface area contributed by atoms with Crippen molar-refractivity contribution in [3.05, 3.63) is 10.4 Å². The first kappa shape index (κ1) is 14.9. The lowest BCUT2D eigenvalue weighted by molar-refractivity contribution is 0.0944. The number of nitrogens with zero attached hydrogens (tertiary/aromatic N) is 2. The summed E-state index contributed by atoms with van der Waals surface area (Å²) in [5, 5.41) is 10.2. The third-order valence-electron chi connectivity index (χ3n) is 3.86. The van der Waals surface area contributed by atoms with Crippen LogP contribution in [0.4, 0.5) is 10.7 Å². The Balaban J connectivity index is 2.37. The number of hydrogen-bond acceptors (Lipinski definition) is 5. The SMILES string of the molecule is CC1CCN(c2sc(C(=O)C(C)C)c(N)c2C#N)CC1. The summed E-state index contributed by atoms with van der Waals surface area (Å²) in [6.45, 7) is 7.83. The average molecular weight is 291 g/mol. The molecule has 0 spiro atoms. The van der Waals surface area contributed by atoms with Gasteiger partial charge < -0.3 is 10.6 Å². The van der Waals surface area contributed by atoms with E-state index in [0.717, 1.165) is 36.9 Å². The molecular formula is C15H21N3OS. The zero-order chi connectivity index (χ0) is 14.9. The highest BCUT2D eigenvalue weighted by Gasteiger charge is 2.27. The van der Waals surface area contributed by atoms with E-state index in [1.807, 2.05) is 13.8 Å². The van der Waals surface area contributed by atoms with Gasteiger partial charge in [0.25, 0.3) is 0 Å². The fraction of sp³-hybridized carbons (Fsp3) is 0.600. The zero-order valence-corrected chi connectivity index (χ0v) is 13.1. The molecule has 1 aromatic rings. The quantitative estimate of drug-likeness (QED) is 0.868. The van der Waals surface area contributed by atoms with Gasteiger partial charge in [0, 0.05) is 19.0 Å². The minimum absolute atomic E-state index is 0.0284. The first-order valence-corrected chi connectivity index (χ1v) is 7.88. The van der Waals surface area contributed by atoms with E-state index in [1.54, 1.807) is 0 Å². The number of rotatable bonds is 3. The lowest BCUT2D eigenvalue weighted by atomic mass is 9.99. The van der Waals surface area contributed by atoms with Gasteiger partial charge in [-0.05, 0) is 18.8 Å². The second-order valence-corrected chi connectivity index (χ2v) is 6.82. The van der Waals surface area contributed by atoms with Crippen molar-refractivity contribution in [2.24, 2.45) is 11.8 Å². The molecule has 108 valence electrons. The average Bonchev–Trinajstić information content (AvgIpc) is 2.75. The molecule has 0 aromatic carbocycles. The third-order valence-corrected chi connectivity index (χ3v) is 5.14. The van der Waals surface area contributed by atoms with Crippen molar-refractivity contribution < 1.29 is 4.79 Å². The van der Waals surface area contributed by atoms with Crippen molar-refractivity contribution in [2.45, 2.75) is 33.6 Å². The standard InChI is InChI=1S/C15H21N3OS/c1-9(2)13(19)14-12(17)11(8-16)15(20-14)18-6-4-10(3)5-7-18/h9-10H,4-7,17H2,1-3H3. The Morgan fingerprint density at radius 3 is 2.55 bits per heavy atom. The molecule has 0 aliphatic carbocycles. The van der Waals surface area contributed by atoms with Gasteiger partial charge in [0.1, 0.15) is 16.6 Å². The van der Waals surface area contributed by atoms with Gasteiger partial charge in [-0.1, -0.05) is 20.8 Å². The minimum Gasteiger partial charge on any atom is -0.396 e. The molecule has 4 nitrogen and oxygen atoms in total. The molecule has 2 rings (SSSR count). The highest BCUT2D eigenvalue weighted by molar-refractivity contribution is 7.19. The summed E-state index contributed by atoms with van der Waals surface area (Å²) in [4.78, 5) is 14.9. The van der Waals surface area contributed by atoms with Crippen LogP contribution in [0.1, 0.15) is 48.8 Å². The Labute approximate surface area is 124 Å². The van der Waals surface area contributed by atoms with Crippen LogP contribution in [0.15, 0.2) is 0 Å². The fourth-order valence-corrected chi connectivity index (χ4v) is 3.73. The Morgan fingerprint density at radius 1 is 1.45 bits per heavy atom. The van der Waals surface area contributed by atoms with Crippen LogP contribution in [-0.4, -0.2) is 18.9 Å². The number of thiophene rings is 1. The zero-order valence-electron chi connectivity index (χ0n) is 12.3. The van der Waals surface area contributed by atoms with E-state index in [2.05, 4.69) is 17.9 Å². The van der Waals surface area contributed by atoms with Crippen molar-refractivity contribution in [3.63, 3.8) is 0 Å². The molecule has 1 saturated heterocycles. The first-order chi connectivity index (χ1) is 9.45. The number of anilines is 2. The van der Waals surface area contributed by atoms with Gasteiger partial charge in [0.2, 0.25) is 0 Å². The van der Waals surface area contributed by atoms with Crippen molar-refractivity contribution in [2.75, 3.05) is 23.7 Å². The van der Waals surface area contributed by atoms with Crippen LogP contribution in [-0.2, 0) is 0 Å². The highest BCUT2D eigenvalue weighted by atomic mass is 32.1. The number of piperidine rings is 1. The van der Waals surface area contributed by atoms with Crippen LogP contribution >= 0.6 is 11.3 Å². The van der Waals surface area contributed by atoms with Gasteiger partial charge in [0.05, 0.1) is 10.6 Å². The number of nitriles is 1. The van der Waals surface area contributed by atoms with Gasteiger partial charge in [-0.25, -0.2) is 0 Å². The lowest BCUT2D eigenvalue weighted by Crippen LogP contribution is -2.32. The first-order valence-electron chi connectivity index (χ1n) is 7.07. The van der Waals surface area contributed by atoms with Crippen LogP contribution in [0.3, 0.4) is 0 Å². The molecule has 1 aliphatic heterocycles. The summed E-state index contributed by atoms with van der Waals surface area (Å²) in [7, 11) is 0. The Hall–Kier alpha value is -1.54. The van der Waals surface area contributed by atoms with Crippen molar-refractivity contribution in [3.8, 4) is 6.07 Å². The molecule has 1 aliphatic rings. The van der Waals surface area contributed by atoms with Crippen LogP contribution < -0.4 is 10.6 Å². The molecule has 0 radical (unpaired) electrons. The van der Waals surface area contributed by atoms with Crippen LogP contribution in [0.2, 0.25) is 0 Å². The maximum atomic E-state index is 12.2. The number of nitrogen functional groups attached to an aromatic ring is 1. The molecular weight excluding hydrogens is 270 g/mol. The molecule has 5 heteroatoms. The van der Waals surface area contributed by atoms with Crippen LogP contribution in [0.25, 0.3) is 0 Å². The lowest BCUT2D eigenvalue weighted by Gasteiger charge is -2.31. The highest BCUT2D eigenvalue weighted by Crippen LogP contribution is 2.40. The van der Waals surface area contributed by atoms with E-state index in [0.29, 0.717) is 16.1 Å². The molecule has 0 unspecified atom stereocenters. The smallest absolute Gasteiger partial charge is 0.177 e. The Morgan fingerprint density at radius 2 is 2.05 bits per heavy atom. The van der Waals surface area contributed by atoms with Crippen molar-refractivity contribution >= 4 is 27.8 Å². The second kappa shape index (κ2) is 5.84. The van der Waals surface area contributed by atoms with E-state index < -0.39 is 0 Å². The Kier molecular flexibility index (Phi) is 4.34. The second-order valence-electron chi connectivity index (χ2n) is 5.83. The minimum atomic E-state index is -0.100. The number of carbonyl (C=O) groups is 1. The summed E-state index contributed by atoms with van der Waals surface area (Å²) in [6, 6.07) is 2.18. The number of hydrogen-bond donors (Lipinski definition) is 1. The van der Waals surface area contributed by atoms with E-state index in [9.17, 15) is 10.1 Å². The summed E-state index contributed by atoms with van der Waals surface area (Å²) >= 11 is 1.38. The molecule has 0 bridgehead atoms. The molecule has 2 N–H and O–H groups in total. The molecule has 0 atom stereocenters. The van der Waals surface area contributed by atoms with E-state index in [4.69, 9.17) is 5.73 Å². The van der Waals surface area contributed by atoms with Crippen LogP contribution in [0, 0.1) is 23.2 Å². The maximum absolute atomic E-state index is 12.2.